The third-order valence-corrected chi connectivity index (χ3v) is 5.39. The molecule has 0 aliphatic carbocycles. The van der Waals surface area contributed by atoms with Crippen molar-refractivity contribution >= 4 is 34.9 Å². The maximum absolute atomic E-state index is 12.5. The minimum Gasteiger partial charge on any atom is -0.384 e. The van der Waals surface area contributed by atoms with E-state index in [9.17, 15) is 14.4 Å². The van der Waals surface area contributed by atoms with Gasteiger partial charge >= 0.3 is 0 Å². The van der Waals surface area contributed by atoms with Crippen LogP contribution >= 0.6 is 11.6 Å². The first kappa shape index (κ1) is 17.6. The molecule has 3 N–H and O–H groups in total. The fraction of sp³-hybridized carbons (Fsp3) is 0.316. The molecule has 2 amide bonds. The topological polar surface area (TPSA) is 97.4 Å². The zero-order valence-corrected chi connectivity index (χ0v) is 15.4. The van der Waals surface area contributed by atoms with Crippen molar-refractivity contribution in [3.8, 4) is 5.69 Å². The molecule has 3 heterocycles. The zero-order valence-electron chi connectivity index (χ0n) is 14.6. The number of nitrogen functional groups attached to an aromatic ring is 1. The molecular weight excluding hydrogens is 368 g/mol. The molecule has 2 aromatic rings. The van der Waals surface area contributed by atoms with Gasteiger partial charge in [-0.05, 0) is 31.0 Å². The molecular formula is C19H19ClN4O3. The van der Waals surface area contributed by atoms with Crippen LogP contribution in [0.5, 0.6) is 0 Å². The van der Waals surface area contributed by atoms with Crippen molar-refractivity contribution < 1.29 is 9.59 Å². The summed E-state index contributed by atoms with van der Waals surface area (Å²) in [6.07, 6.45) is 4.68. The number of nitrogens with two attached hydrogens (primary N) is 1. The third-order valence-electron chi connectivity index (χ3n) is 5.09. The monoisotopic (exact) mass is 386 g/mol. The number of carbonyl (C=O) groups excluding carboxylic acids is 2. The van der Waals surface area contributed by atoms with Crippen molar-refractivity contribution in [1.29, 1.82) is 0 Å². The van der Waals surface area contributed by atoms with Gasteiger partial charge in [-0.2, -0.15) is 0 Å². The lowest BCUT2D eigenvalue weighted by Gasteiger charge is -2.24. The molecule has 7 nitrogen and oxygen atoms in total. The molecule has 0 radical (unpaired) electrons. The summed E-state index contributed by atoms with van der Waals surface area (Å²) in [5.41, 5.74) is 6.98. The SMILES string of the molecule is Nc1c2c(cc(=O)n1-c1ccc(N3CCCCCC3)c(Cl)c1)C(=O)NC2=O. The number of nitrogens with zero attached hydrogens (tertiary/aromatic N) is 2. The molecule has 2 aliphatic rings. The highest BCUT2D eigenvalue weighted by molar-refractivity contribution is 6.33. The lowest BCUT2D eigenvalue weighted by atomic mass is 10.1. The lowest BCUT2D eigenvalue weighted by molar-refractivity contribution is 0.0880. The molecule has 4 rings (SSSR count). The summed E-state index contributed by atoms with van der Waals surface area (Å²) >= 11 is 6.51. The molecule has 140 valence electrons. The molecule has 1 aromatic heterocycles. The number of halogens is 1. The maximum atomic E-state index is 12.5. The van der Waals surface area contributed by atoms with E-state index in [0.717, 1.165) is 37.7 Å². The first-order valence-corrected chi connectivity index (χ1v) is 9.31. The second-order valence-electron chi connectivity index (χ2n) is 6.81. The number of amides is 2. The van der Waals surface area contributed by atoms with E-state index in [1.165, 1.54) is 17.4 Å². The van der Waals surface area contributed by atoms with Crippen molar-refractivity contribution in [3.63, 3.8) is 0 Å². The van der Waals surface area contributed by atoms with E-state index >= 15 is 0 Å². The Kier molecular flexibility index (Phi) is 4.39. The highest BCUT2D eigenvalue weighted by Gasteiger charge is 2.32. The van der Waals surface area contributed by atoms with E-state index < -0.39 is 17.4 Å². The fourth-order valence-corrected chi connectivity index (χ4v) is 4.04. The number of benzene rings is 1. The normalized spacial score (nSPS) is 16.9. The Hall–Kier alpha value is -2.80. The minimum atomic E-state index is -0.611. The third kappa shape index (κ3) is 2.98. The zero-order chi connectivity index (χ0) is 19.1. The predicted molar refractivity (Wildman–Crippen MR) is 104 cm³/mol. The van der Waals surface area contributed by atoms with E-state index in [0.29, 0.717) is 10.7 Å². The van der Waals surface area contributed by atoms with Gasteiger partial charge in [0.25, 0.3) is 17.4 Å². The number of rotatable bonds is 2. The molecule has 0 saturated carbocycles. The van der Waals surface area contributed by atoms with Crippen LogP contribution < -0.4 is 21.5 Å². The van der Waals surface area contributed by atoms with E-state index in [1.807, 2.05) is 6.07 Å². The Labute approximate surface area is 160 Å². The summed E-state index contributed by atoms with van der Waals surface area (Å²) in [6.45, 7) is 1.89. The van der Waals surface area contributed by atoms with Crippen molar-refractivity contribution in [3.05, 3.63) is 50.8 Å². The highest BCUT2D eigenvalue weighted by atomic mass is 35.5. The summed E-state index contributed by atoms with van der Waals surface area (Å²) in [5.74, 6) is -1.28. The van der Waals surface area contributed by atoms with Gasteiger partial charge in [0.1, 0.15) is 5.82 Å². The minimum absolute atomic E-state index is 0.00559. The highest BCUT2D eigenvalue weighted by Crippen LogP contribution is 2.31. The summed E-state index contributed by atoms with van der Waals surface area (Å²) in [6, 6.07) is 6.42. The van der Waals surface area contributed by atoms with E-state index in [1.54, 1.807) is 12.1 Å². The van der Waals surface area contributed by atoms with Crippen LogP contribution in [0.4, 0.5) is 11.5 Å². The average Bonchev–Trinajstić information content (AvgIpc) is 2.80. The van der Waals surface area contributed by atoms with Crippen LogP contribution in [0.3, 0.4) is 0 Å². The van der Waals surface area contributed by atoms with Gasteiger partial charge in [-0.1, -0.05) is 24.4 Å². The Balaban J connectivity index is 1.78. The Morgan fingerprint density at radius 2 is 1.67 bits per heavy atom. The van der Waals surface area contributed by atoms with Gasteiger partial charge in [-0.15, -0.1) is 0 Å². The van der Waals surface area contributed by atoms with Crippen LogP contribution in [0.2, 0.25) is 5.02 Å². The molecule has 1 fully saturated rings. The number of hydrogen-bond donors (Lipinski definition) is 2. The molecule has 0 spiro atoms. The van der Waals surface area contributed by atoms with E-state index in [-0.39, 0.29) is 16.9 Å². The number of nitrogens with one attached hydrogen (secondary N) is 1. The summed E-state index contributed by atoms with van der Waals surface area (Å²) < 4.78 is 1.20. The van der Waals surface area contributed by atoms with Gasteiger partial charge in [0, 0.05) is 19.2 Å². The predicted octanol–water partition coefficient (Wildman–Crippen LogP) is 2.34. The summed E-state index contributed by atoms with van der Waals surface area (Å²) in [7, 11) is 0. The van der Waals surface area contributed by atoms with Crippen LogP contribution in [-0.4, -0.2) is 29.5 Å². The van der Waals surface area contributed by atoms with Crippen molar-refractivity contribution in [1.82, 2.24) is 9.88 Å². The smallest absolute Gasteiger partial charge is 0.262 e. The van der Waals surface area contributed by atoms with Crippen LogP contribution in [0, 0.1) is 0 Å². The van der Waals surface area contributed by atoms with Crippen LogP contribution in [0.25, 0.3) is 5.69 Å². The van der Waals surface area contributed by atoms with Crippen molar-refractivity contribution in [2.45, 2.75) is 25.7 Å². The van der Waals surface area contributed by atoms with Gasteiger partial charge in [0.2, 0.25) is 0 Å². The average molecular weight is 387 g/mol. The number of carbonyl (C=O) groups is 2. The fourth-order valence-electron chi connectivity index (χ4n) is 3.75. The number of anilines is 2. The first-order chi connectivity index (χ1) is 13.0. The Morgan fingerprint density at radius 3 is 2.33 bits per heavy atom. The van der Waals surface area contributed by atoms with Crippen LogP contribution in [0.15, 0.2) is 29.1 Å². The second kappa shape index (κ2) is 6.74. The van der Waals surface area contributed by atoms with Crippen LogP contribution in [0.1, 0.15) is 46.4 Å². The van der Waals surface area contributed by atoms with Crippen molar-refractivity contribution in [2.24, 2.45) is 0 Å². The number of aromatic nitrogens is 1. The van der Waals surface area contributed by atoms with Crippen molar-refractivity contribution in [2.75, 3.05) is 23.7 Å². The molecule has 0 bridgehead atoms. The Morgan fingerprint density at radius 1 is 0.963 bits per heavy atom. The van der Waals surface area contributed by atoms with Gasteiger partial charge in [-0.3, -0.25) is 24.3 Å². The van der Waals surface area contributed by atoms with Gasteiger partial charge in [-0.25, -0.2) is 0 Å². The molecule has 2 aliphatic heterocycles. The molecule has 0 unspecified atom stereocenters. The largest absolute Gasteiger partial charge is 0.384 e. The first-order valence-electron chi connectivity index (χ1n) is 8.93. The summed E-state index contributed by atoms with van der Waals surface area (Å²) in [5, 5.41) is 2.67. The standard InChI is InChI=1S/C19H19ClN4O3/c20-13-9-11(5-6-14(13)23-7-3-1-2-4-8-23)24-15(25)10-12-16(17(24)21)19(27)22-18(12)26/h5-6,9-10H,1-4,7-8,21H2,(H,22,26,27). The number of hydrogen-bond acceptors (Lipinski definition) is 5. The molecule has 0 atom stereocenters. The molecule has 1 saturated heterocycles. The second-order valence-corrected chi connectivity index (χ2v) is 7.22. The number of fused-ring (bicyclic) bond motifs is 1. The number of imide groups is 1. The molecule has 1 aromatic carbocycles. The molecule has 8 heteroatoms. The van der Waals surface area contributed by atoms with Gasteiger partial charge < -0.3 is 10.6 Å². The number of pyridine rings is 1. The van der Waals surface area contributed by atoms with Crippen LogP contribution in [-0.2, 0) is 0 Å². The van der Waals surface area contributed by atoms with E-state index in [2.05, 4.69) is 10.2 Å². The summed E-state index contributed by atoms with van der Waals surface area (Å²) in [4.78, 5) is 38.5. The lowest BCUT2D eigenvalue weighted by Crippen LogP contribution is -2.25. The van der Waals surface area contributed by atoms with Gasteiger partial charge in [0.15, 0.2) is 0 Å². The van der Waals surface area contributed by atoms with E-state index in [4.69, 9.17) is 17.3 Å². The quantitative estimate of drug-likeness (QED) is 0.772. The maximum Gasteiger partial charge on any atom is 0.262 e. The molecule has 27 heavy (non-hydrogen) atoms. The van der Waals surface area contributed by atoms with Gasteiger partial charge in [0.05, 0.1) is 27.5 Å². The Bertz CT molecular complexity index is 1010.